The number of carbonyl (C=O) groups excluding carboxylic acids is 3. The molecule has 0 saturated heterocycles. The molecular formula is C94H107Cl8F9N26O6. The van der Waals surface area contributed by atoms with Crippen molar-refractivity contribution in [3.8, 4) is 22.7 Å². The second kappa shape index (κ2) is 48.9. The fraction of sp³-hybridized carbons (Fsp3) is 0.415. The van der Waals surface area contributed by atoms with E-state index in [1.807, 2.05) is 109 Å². The summed E-state index contributed by atoms with van der Waals surface area (Å²) in [6.45, 7) is 13.1. The molecule has 7 aliphatic rings. The summed E-state index contributed by atoms with van der Waals surface area (Å²) in [4.78, 5) is 52.8. The van der Waals surface area contributed by atoms with E-state index in [2.05, 4.69) is 96.8 Å². The van der Waals surface area contributed by atoms with Crippen LogP contribution in [0.5, 0.6) is 0 Å². The minimum Gasteiger partial charge on any atom is -0.480 e. The van der Waals surface area contributed by atoms with Gasteiger partial charge < -0.3 is 46.2 Å². The van der Waals surface area contributed by atoms with Gasteiger partial charge in [-0.05, 0) is 243 Å². The fourth-order valence-electron chi connectivity index (χ4n) is 16.6. The quantitative estimate of drug-likeness (QED) is 0.0527. The number of hydrogen-bond donors (Lipinski definition) is 8. The van der Waals surface area contributed by atoms with Gasteiger partial charge in [0.15, 0.2) is 17.1 Å². The number of aliphatic carboxylic acids is 1. The number of rotatable bonds is 12. The maximum absolute atomic E-state index is 13.0. The number of hydrogen-bond acceptors (Lipinski definition) is 19. The SMILES string of the molecule is CC(C)(C)OC(=O)N1CCCc2[nH]ncc21.CN[C@@H]1CCCC[C@H]1NC.Cc1c(Cl)c(C(F)(F)F)nn1CC(=O)N1CCCc2c1cnn2-c1ccc(Cl)cc1.Cc1c(Cl)c(C(F)(F)F)nn1CC(=O)N1CCCc2nn(-c3ccc(Cl)cc3)cc21.Cc1c(Cl)c(C(F)(F)F)nn1CC(=O)O.Cl.Clc1ccc(-n2cc3c(n2)CCCN3)cc1.Clc1ccc(-n2ncc3c2CCCN3)cc1.c1n[nH]c2c1NCCC2. The molecule has 2 atom stereocenters. The number of H-pyrrole nitrogens is 2. The third-order valence-corrected chi connectivity index (χ3v) is 26.2. The summed E-state index contributed by atoms with van der Waals surface area (Å²) >= 11 is 40.5. The molecule has 0 unspecified atom stereocenters. The molecule has 0 spiro atoms. The van der Waals surface area contributed by atoms with Gasteiger partial charge in [-0.2, -0.15) is 85.4 Å². The van der Waals surface area contributed by atoms with E-state index in [0.717, 1.165) is 147 Å². The van der Waals surface area contributed by atoms with E-state index in [9.17, 15) is 58.7 Å². The molecule has 3 amide bonds. The Morgan fingerprint density at radius 2 is 0.818 bits per heavy atom. The van der Waals surface area contributed by atoms with Gasteiger partial charge in [-0.3, -0.25) is 43.5 Å². The van der Waals surface area contributed by atoms with E-state index in [1.54, 1.807) is 69.3 Å². The van der Waals surface area contributed by atoms with Gasteiger partial charge in [0.05, 0.1) is 160 Å². The summed E-state index contributed by atoms with van der Waals surface area (Å²) in [6, 6.07) is 31.1. The number of ether oxygens (including phenoxy) is 1. The molecular weight excluding hydrogens is 2040 g/mol. The first-order valence-corrected chi connectivity index (χ1v) is 48.4. The van der Waals surface area contributed by atoms with Crippen molar-refractivity contribution in [1.29, 1.82) is 0 Å². The molecule has 49 heteroatoms. The molecule has 768 valence electrons. The van der Waals surface area contributed by atoms with Crippen LogP contribution < -0.4 is 41.3 Å². The molecule has 9 aromatic heterocycles. The molecule has 1 fully saturated rings. The molecule has 4 aromatic carbocycles. The lowest BCUT2D eigenvalue weighted by Crippen LogP contribution is -2.47. The normalized spacial score (nSPS) is 15.6. The molecule has 6 aliphatic heterocycles. The number of amides is 3. The van der Waals surface area contributed by atoms with E-state index < -0.39 is 68.8 Å². The van der Waals surface area contributed by atoms with Crippen LogP contribution in [-0.4, -0.2) is 189 Å². The van der Waals surface area contributed by atoms with Crippen molar-refractivity contribution in [2.24, 2.45) is 0 Å². The van der Waals surface area contributed by atoms with Crippen molar-refractivity contribution in [2.45, 2.75) is 200 Å². The van der Waals surface area contributed by atoms with Crippen LogP contribution in [-0.2, 0) is 95.8 Å². The van der Waals surface area contributed by atoms with Gasteiger partial charge in [0.25, 0.3) is 0 Å². The number of fused-ring (bicyclic) bond motifs is 6. The Hall–Kier alpha value is -11.5. The van der Waals surface area contributed by atoms with Crippen LogP contribution in [0.4, 0.5) is 78.4 Å². The monoisotopic (exact) mass is 2150 g/mol. The van der Waals surface area contributed by atoms with Crippen LogP contribution in [0.2, 0.25) is 35.2 Å². The minimum absolute atomic E-state index is 0. The molecule has 0 bridgehead atoms. The standard InChI is InChI=1S/2C19H16Cl2F3N5O.2C12H12ClN3.C11H17N3O2.C8H18N2.C7H6ClF3N2O2.C6H9N3.ClH/c1-11-17(21)18(19(22,23)24)26-28(11)10-16(30)27-8-2-3-14-15(27)9-29(25-14)13-6-4-12(20)5-7-13;1-11-17(21)18(19(22,23)24)26-28(11)10-16(30)27-8-2-3-14-15(27)9-25-29(14)13-6-4-12(20)5-7-13;13-9-3-5-10(6-4-9)16-12-2-1-7-14-11(12)8-15-16;13-9-3-5-10(6-4-9)16-8-12-11(15-16)2-1-7-14-12;1-11(2,3)16-10(15)14-6-4-5-8-9(14)7-12-13-8;1-9-7-5-3-4-6-8(7)10-2;1-3-5(8)6(7(9,10)11)12-13(3)2-4(14)15;1-2-5-6(7-3-1)4-8-9-5;/h2*4-7,9H,2-3,8,10H2,1H3;2*3-6,8,14H,1-2,7H2;7H,4-6H2,1-3H3,(H,12,13);7-10H,3-6H2,1-2H3;2H2,1H3,(H,14,15);4,7H,1-3H2,(H,8,9);1H/t;;;;;7-,8-;;;/m.....1.../s1. The number of likely N-dealkylation sites (N-methyl/N-ethyl adjacent to an activating group) is 2. The highest BCUT2D eigenvalue weighted by Crippen LogP contribution is 2.41. The number of benzene rings is 4. The van der Waals surface area contributed by atoms with Gasteiger partial charge in [-0.15, -0.1) is 12.4 Å². The average Bonchev–Trinajstić information content (AvgIpc) is 1.63. The van der Waals surface area contributed by atoms with Gasteiger partial charge in [-0.1, -0.05) is 94.0 Å². The highest BCUT2D eigenvalue weighted by Gasteiger charge is 2.42. The first kappa shape index (κ1) is 110. The number of halogens is 17. The van der Waals surface area contributed by atoms with Crippen LogP contribution in [0.1, 0.15) is 153 Å². The van der Waals surface area contributed by atoms with Gasteiger partial charge in [0.2, 0.25) is 11.8 Å². The minimum atomic E-state index is -4.69. The second-order valence-electron chi connectivity index (χ2n) is 34.8. The molecule has 143 heavy (non-hydrogen) atoms. The Labute approximate surface area is 858 Å². The lowest BCUT2D eigenvalue weighted by atomic mass is 9.91. The molecule has 15 heterocycles. The van der Waals surface area contributed by atoms with Crippen LogP contribution in [0.15, 0.2) is 134 Å². The maximum atomic E-state index is 13.0. The zero-order chi connectivity index (χ0) is 102. The summed E-state index contributed by atoms with van der Waals surface area (Å²) in [5, 5.41) is 68.0. The summed E-state index contributed by atoms with van der Waals surface area (Å²) < 4.78 is 130. The zero-order valence-electron chi connectivity index (χ0n) is 79.0. The molecule has 1 saturated carbocycles. The molecule has 32 nitrogen and oxygen atoms in total. The maximum Gasteiger partial charge on any atom is 0.436 e. The Balaban J connectivity index is 0.000000150. The van der Waals surface area contributed by atoms with E-state index in [0.29, 0.717) is 83.5 Å². The lowest BCUT2D eigenvalue weighted by molar-refractivity contribution is -0.143. The second-order valence-corrected chi connectivity index (χ2v) is 37.7. The number of nitrogens with zero attached hydrogens (tertiary/aromatic N) is 19. The fourth-order valence-corrected chi connectivity index (χ4v) is 17.8. The first-order valence-electron chi connectivity index (χ1n) is 45.7. The van der Waals surface area contributed by atoms with Crippen molar-refractivity contribution in [2.75, 3.05) is 84.0 Å². The third-order valence-electron chi connectivity index (χ3n) is 23.8. The van der Waals surface area contributed by atoms with Gasteiger partial charge in [0, 0.05) is 71.4 Å². The largest absolute Gasteiger partial charge is 0.480 e. The average molecular weight is 2150 g/mol. The number of carboxylic acids is 1. The van der Waals surface area contributed by atoms with E-state index in [1.165, 1.54) is 79.8 Å². The van der Waals surface area contributed by atoms with E-state index in [-0.39, 0.29) is 60.5 Å². The number of aromatic nitrogens is 18. The van der Waals surface area contributed by atoms with Crippen molar-refractivity contribution in [3.05, 3.63) is 238 Å². The Morgan fingerprint density at radius 1 is 0.427 bits per heavy atom. The summed E-state index contributed by atoms with van der Waals surface area (Å²) in [5.41, 5.74) is 11.6. The van der Waals surface area contributed by atoms with Gasteiger partial charge >= 0.3 is 30.6 Å². The molecule has 20 rings (SSSR count). The Kier molecular flexibility index (Phi) is 37.7. The lowest BCUT2D eigenvalue weighted by Gasteiger charge is -2.30. The number of aryl methyl sites for hydroxylation is 4. The van der Waals surface area contributed by atoms with Gasteiger partial charge in [-0.25, -0.2) is 23.5 Å². The summed E-state index contributed by atoms with van der Waals surface area (Å²) in [7, 11) is 4.11. The predicted octanol–water partition coefficient (Wildman–Crippen LogP) is 21.1. The number of alkyl halides is 9. The number of carboxylic acid groups (broad SMARTS) is 1. The van der Waals surface area contributed by atoms with Crippen molar-refractivity contribution in [3.63, 3.8) is 0 Å². The molecule has 13 aromatic rings. The van der Waals surface area contributed by atoms with E-state index >= 15 is 0 Å². The van der Waals surface area contributed by atoms with Crippen LogP contribution in [0.25, 0.3) is 22.7 Å². The molecule has 1 aliphatic carbocycles. The zero-order valence-corrected chi connectivity index (χ0v) is 85.1. The van der Waals surface area contributed by atoms with E-state index in [4.69, 9.17) is 91.0 Å². The number of anilines is 6. The molecule has 0 radical (unpaired) electrons. The Morgan fingerprint density at radius 3 is 1.29 bits per heavy atom. The summed E-state index contributed by atoms with van der Waals surface area (Å²) in [6.07, 6.45) is 13.4. The van der Waals surface area contributed by atoms with Gasteiger partial charge in [0.1, 0.15) is 25.2 Å². The highest BCUT2D eigenvalue weighted by atomic mass is 35.5. The number of carbonyl (C=O) groups is 4. The van der Waals surface area contributed by atoms with Crippen LogP contribution >= 0.6 is 93.6 Å². The predicted molar refractivity (Wildman–Crippen MR) is 535 cm³/mol. The smallest absolute Gasteiger partial charge is 0.436 e. The summed E-state index contributed by atoms with van der Waals surface area (Å²) in [5.74, 6) is -2.06. The molecule has 8 N–H and O–H groups in total. The highest BCUT2D eigenvalue weighted by molar-refractivity contribution is 6.33. The topological polar surface area (TPSA) is 350 Å². The van der Waals surface area contributed by atoms with Crippen molar-refractivity contribution >= 4 is 152 Å². The van der Waals surface area contributed by atoms with Crippen LogP contribution in [0, 0.1) is 20.8 Å². The first-order chi connectivity index (χ1) is 67.5. The van der Waals surface area contributed by atoms with Crippen molar-refractivity contribution in [1.82, 2.24) is 99.5 Å². The van der Waals surface area contributed by atoms with Crippen molar-refractivity contribution < 1.29 is 68.5 Å². The van der Waals surface area contributed by atoms with Crippen LogP contribution in [0.3, 0.4) is 0 Å². The Bertz CT molecular complexity index is 6320. The number of nitrogens with one attached hydrogen (secondary N) is 7. The number of aromatic amines is 2. The third kappa shape index (κ3) is 28.4.